The summed E-state index contributed by atoms with van der Waals surface area (Å²) in [6.45, 7) is 8.33. The summed E-state index contributed by atoms with van der Waals surface area (Å²) in [5.41, 5.74) is 0.514. The molecule has 86 valence electrons. The van der Waals surface area contributed by atoms with Crippen molar-refractivity contribution in [2.45, 2.75) is 13.8 Å². The monoisotopic (exact) mass is 220 g/mol. The molecule has 0 atom stereocenters. The molecule has 1 rings (SSSR count). The van der Waals surface area contributed by atoms with Crippen LogP contribution in [-0.2, 0) is 0 Å². The lowest BCUT2D eigenvalue weighted by molar-refractivity contribution is 0.104. The smallest absolute Gasteiger partial charge is 0.188 e. The van der Waals surface area contributed by atoms with Crippen molar-refractivity contribution in [3.8, 4) is 11.5 Å². The number of ether oxygens (including phenoxy) is 2. The van der Waals surface area contributed by atoms with Crippen LogP contribution in [0.25, 0.3) is 0 Å². The third kappa shape index (κ3) is 2.86. The number of carbonyl (C=O) groups excluding carboxylic acids is 1. The summed E-state index contributed by atoms with van der Waals surface area (Å²) < 4.78 is 10.7. The van der Waals surface area contributed by atoms with E-state index in [1.165, 1.54) is 6.08 Å². The standard InChI is InChI=1S/C13H16O3/c1-4-12(14)11-8-7-10(15-5-2)9-13(11)16-6-3/h4,7-9H,1,5-6H2,2-3H3. The molecule has 0 bridgehead atoms. The van der Waals surface area contributed by atoms with Crippen LogP contribution in [0.1, 0.15) is 24.2 Å². The maximum absolute atomic E-state index is 11.5. The third-order valence-corrected chi connectivity index (χ3v) is 2.01. The van der Waals surface area contributed by atoms with E-state index in [-0.39, 0.29) is 5.78 Å². The van der Waals surface area contributed by atoms with Gasteiger partial charge in [-0.15, -0.1) is 0 Å². The zero-order chi connectivity index (χ0) is 12.0. The highest BCUT2D eigenvalue weighted by atomic mass is 16.5. The summed E-state index contributed by atoms with van der Waals surface area (Å²) in [7, 11) is 0. The zero-order valence-corrected chi connectivity index (χ0v) is 9.66. The van der Waals surface area contributed by atoms with Crippen LogP contribution < -0.4 is 9.47 Å². The Morgan fingerprint density at radius 2 is 2.00 bits per heavy atom. The van der Waals surface area contributed by atoms with E-state index in [0.717, 1.165) is 0 Å². The normalized spacial score (nSPS) is 9.62. The fourth-order valence-electron chi connectivity index (χ4n) is 1.35. The highest BCUT2D eigenvalue weighted by Gasteiger charge is 2.10. The summed E-state index contributed by atoms with van der Waals surface area (Å²) in [4.78, 5) is 11.5. The largest absolute Gasteiger partial charge is 0.494 e. The first-order chi connectivity index (χ1) is 7.72. The van der Waals surface area contributed by atoms with Crippen molar-refractivity contribution in [2.24, 2.45) is 0 Å². The van der Waals surface area contributed by atoms with Gasteiger partial charge in [0.05, 0.1) is 18.8 Å². The van der Waals surface area contributed by atoms with E-state index in [4.69, 9.17) is 9.47 Å². The summed E-state index contributed by atoms with van der Waals surface area (Å²) in [5.74, 6) is 1.09. The van der Waals surface area contributed by atoms with E-state index in [9.17, 15) is 4.79 Å². The van der Waals surface area contributed by atoms with Crippen molar-refractivity contribution in [2.75, 3.05) is 13.2 Å². The molecule has 0 saturated heterocycles. The fourth-order valence-corrected chi connectivity index (χ4v) is 1.35. The van der Waals surface area contributed by atoms with Crippen LogP contribution in [0, 0.1) is 0 Å². The maximum Gasteiger partial charge on any atom is 0.188 e. The number of hydrogen-bond acceptors (Lipinski definition) is 3. The summed E-state index contributed by atoms with van der Waals surface area (Å²) >= 11 is 0. The van der Waals surface area contributed by atoms with Gasteiger partial charge in [-0.25, -0.2) is 0 Å². The van der Waals surface area contributed by atoms with Crippen LogP contribution >= 0.6 is 0 Å². The molecule has 3 nitrogen and oxygen atoms in total. The lowest BCUT2D eigenvalue weighted by Gasteiger charge is -2.10. The molecule has 3 heteroatoms. The Hall–Kier alpha value is -1.77. The van der Waals surface area contributed by atoms with Crippen LogP contribution in [0.3, 0.4) is 0 Å². The molecule has 0 aliphatic rings. The Bertz CT molecular complexity index is 383. The molecule has 0 unspecified atom stereocenters. The van der Waals surface area contributed by atoms with Gasteiger partial charge in [0, 0.05) is 6.07 Å². The summed E-state index contributed by atoms with van der Waals surface area (Å²) in [5, 5.41) is 0. The van der Waals surface area contributed by atoms with E-state index in [0.29, 0.717) is 30.3 Å². The lowest BCUT2D eigenvalue weighted by atomic mass is 10.1. The molecule has 0 N–H and O–H groups in total. The molecular weight excluding hydrogens is 204 g/mol. The summed E-state index contributed by atoms with van der Waals surface area (Å²) in [6, 6.07) is 5.17. The molecule has 0 amide bonds. The molecule has 16 heavy (non-hydrogen) atoms. The molecule has 0 aromatic heterocycles. The molecule has 0 fully saturated rings. The molecule has 0 aliphatic heterocycles. The predicted octanol–water partition coefficient (Wildman–Crippen LogP) is 2.85. The van der Waals surface area contributed by atoms with Gasteiger partial charge < -0.3 is 9.47 Å². The van der Waals surface area contributed by atoms with Gasteiger partial charge in [-0.05, 0) is 32.1 Å². The summed E-state index contributed by atoms with van der Waals surface area (Å²) in [6.07, 6.45) is 1.28. The fraction of sp³-hybridized carbons (Fsp3) is 0.308. The molecule has 0 radical (unpaired) electrons. The Kier molecular flexibility index (Phi) is 4.58. The van der Waals surface area contributed by atoms with Crippen LogP contribution in [0.15, 0.2) is 30.9 Å². The SMILES string of the molecule is C=CC(=O)c1ccc(OCC)cc1OCC. The minimum Gasteiger partial charge on any atom is -0.494 e. The Balaban J connectivity index is 3.08. The van der Waals surface area contributed by atoms with Gasteiger partial charge in [0.15, 0.2) is 5.78 Å². The van der Waals surface area contributed by atoms with E-state index in [2.05, 4.69) is 6.58 Å². The molecule has 0 saturated carbocycles. The van der Waals surface area contributed by atoms with E-state index in [1.54, 1.807) is 18.2 Å². The van der Waals surface area contributed by atoms with Gasteiger partial charge in [0.1, 0.15) is 11.5 Å². The van der Waals surface area contributed by atoms with E-state index in [1.807, 2.05) is 13.8 Å². The van der Waals surface area contributed by atoms with Crippen molar-refractivity contribution < 1.29 is 14.3 Å². The number of ketones is 1. The molecule has 0 spiro atoms. The third-order valence-electron chi connectivity index (χ3n) is 2.01. The number of hydrogen-bond donors (Lipinski definition) is 0. The molecule has 1 aromatic rings. The minimum atomic E-state index is -0.147. The van der Waals surface area contributed by atoms with E-state index < -0.39 is 0 Å². The topological polar surface area (TPSA) is 35.5 Å². The van der Waals surface area contributed by atoms with Gasteiger partial charge in [-0.1, -0.05) is 6.58 Å². The van der Waals surface area contributed by atoms with Crippen LogP contribution in [0.5, 0.6) is 11.5 Å². The predicted molar refractivity (Wildman–Crippen MR) is 63.3 cm³/mol. The minimum absolute atomic E-state index is 0.147. The number of benzene rings is 1. The quantitative estimate of drug-likeness (QED) is 0.546. The molecule has 0 aliphatic carbocycles. The number of allylic oxidation sites excluding steroid dienone is 1. The van der Waals surface area contributed by atoms with E-state index >= 15 is 0 Å². The lowest BCUT2D eigenvalue weighted by Crippen LogP contribution is -2.02. The van der Waals surface area contributed by atoms with Crippen molar-refractivity contribution in [3.05, 3.63) is 36.4 Å². The van der Waals surface area contributed by atoms with Crippen LogP contribution in [-0.4, -0.2) is 19.0 Å². The van der Waals surface area contributed by atoms with Gasteiger partial charge >= 0.3 is 0 Å². The average molecular weight is 220 g/mol. The molecule has 0 heterocycles. The van der Waals surface area contributed by atoms with Gasteiger partial charge in [0.2, 0.25) is 0 Å². The Morgan fingerprint density at radius 1 is 1.31 bits per heavy atom. The second-order valence-corrected chi connectivity index (χ2v) is 3.09. The zero-order valence-electron chi connectivity index (χ0n) is 9.66. The van der Waals surface area contributed by atoms with Crippen molar-refractivity contribution in [1.82, 2.24) is 0 Å². The second-order valence-electron chi connectivity index (χ2n) is 3.09. The first kappa shape index (κ1) is 12.3. The van der Waals surface area contributed by atoms with Gasteiger partial charge in [-0.2, -0.15) is 0 Å². The second kappa shape index (κ2) is 5.95. The Labute approximate surface area is 95.7 Å². The highest BCUT2D eigenvalue weighted by Crippen LogP contribution is 2.25. The maximum atomic E-state index is 11.5. The van der Waals surface area contributed by atoms with Crippen LogP contribution in [0.2, 0.25) is 0 Å². The number of rotatable bonds is 6. The van der Waals surface area contributed by atoms with Gasteiger partial charge in [0.25, 0.3) is 0 Å². The van der Waals surface area contributed by atoms with Crippen molar-refractivity contribution in [1.29, 1.82) is 0 Å². The van der Waals surface area contributed by atoms with Crippen LogP contribution in [0.4, 0.5) is 0 Å². The molecular formula is C13H16O3. The molecule has 1 aromatic carbocycles. The highest BCUT2D eigenvalue weighted by molar-refractivity contribution is 6.06. The first-order valence-electron chi connectivity index (χ1n) is 5.29. The van der Waals surface area contributed by atoms with Crippen molar-refractivity contribution >= 4 is 5.78 Å². The Morgan fingerprint density at radius 3 is 2.56 bits per heavy atom. The first-order valence-corrected chi connectivity index (χ1v) is 5.29. The number of carbonyl (C=O) groups is 1. The average Bonchev–Trinajstić information content (AvgIpc) is 2.29. The van der Waals surface area contributed by atoms with Crippen molar-refractivity contribution in [3.63, 3.8) is 0 Å². The van der Waals surface area contributed by atoms with Gasteiger partial charge in [-0.3, -0.25) is 4.79 Å².